The van der Waals surface area contributed by atoms with E-state index in [2.05, 4.69) is 0 Å². The SMILES string of the molecule is COc1ccc2c(=O)c3cc(F)ccc3oc2c1. The quantitative estimate of drug-likeness (QED) is 0.617. The molecule has 0 saturated carbocycles. The van der Waals surface area contributed by atoms with Gasteiger partial charge in [-0.2, -0.15) is 0 Å². The van der Waals surface area contributed by atoms with Crippen LogP contribution < -0.4 is 10.2 Å². The van der Waals surface area contributed by atoms with Gasteiger partial charge in [0.25, 0.3) is 0 Å². The maximum absolute atomic E-state index is 13.1. The van der Waals surface area contributed by atoms with Gasteiger partial charge in [-0.1, -0.05) is 0 Å². The Bertz CT molecular complexity index is 805. The molecule has 0 radical (unpaired) electrons. The lowest BCUT2D eigenvalue weighted by molar-refractivity contribution is 0.414. The highest BCUT2D eigenvalue weighted by Crippen LogP contribution is 2.22. The van der Waals surface area contributed by atoms with Crippen LogP contribution in [0.2, 0.25) is 0 Å². The summed E-state index contributed by atoms with van der Waals surface area (Å²) in [6.07, 6.45) is 0. The maximum Gasteiger partial charge on any atom is 0.200 e. The Morgan fingerprint density at radius 2 is 1.89 bits per heavy atom. The summed E-state index contributed by atoms with van der Waals surface area (Å²) in [7, 11) is 1.54. The van der Waals surface area contributed by atoms with Crippen molar-refractivity contribution < 1.29 is 13.5 Å². The van der Waals surface area contributed by atoms with Gasteiger partial charge < -0.3 is 9.15 Å². The molecule has 0 aliphatic carbocycles. The Hall–Kier alpha value is -2.36. The number of ether oxygens (including phenoxy) is 1. The van der Waals surface area contributed by atoms with Crippen LogP contribution in [0.15, 0.2) is 45.6 Å². The predicted octanol–water partition coefficient (Wildman–Crippen LogP) is 3.09. The molecule has 3 rings (SSSR count). The smallest absolute Gasteiger partial charge is 0.200 e. The number of hydrogen-bond acceptors (Lipinski definition) is 3. The van der Waals surface area contributed by atoms with Gasteiger partial charge in [-0.3, -0.25) is 4.79 Å². The molecule has 0 fully saturated rings. The minimum Gasteiger partial charge on any atom is -0.497 e. The third-order valence-corrected chi connectivity index (χ3v) is 2.84. The molecule has 0 unspecified atom stereocenters. The van der Waals surface area contributed by atoms with Crippen LogP contribution in [0.4, 0.5) is 4.39 Å². The summed E-state index contributed by atoms with van der Waals surface area (Å²) in [6.45, 7) is 0. The molecule has 4 heteroatoms. The molecular formula is C14H9FO3. The molecule has 18 heavy (non-hydrogen) atoms. The van der Waals surface area contributed by atoms with E-state index in [-0.39, 0.29) is 10.8 Å². The Morgan fingerprint density at radius 1 is 1.06 bits per heavy atom. The fourth-order valence-corrected chi connectivity index (χ4v) is 1.93. The van der Waals surface area contributed by atoms with Gasteiger partial charge in [0.15, 0.2) is 0 Å². The van der Waals surface area contributed by atoms with Crippen LogP contribution in [0.3, 0.4) is 0 Å². The van der Waals surface area contributed by atoms with Crippen molar-refractivity contribution in [1.82, 2.24) is 0 Å². The van der Waals surface area contributed by atoms with Gasteiger partial charge in [-0.15, -0.1) is 0 Å². The van der Waals surface area contributed by atoms with Crippen molar-refractivity contribution in [3.8, 4) is 5.75 Å². The van der Waals surface area contributed by atoms with Crippen molar-refractivity contribution in [3.05, 3.63) is 52.4 Å². The van der Waals surface area contributed by atoms with Crippen molar-refractivity contribution in [2.24, 2.45) is 0 Å². The number of methoxy groups -OCH3 is 1. The molecular weight excluding hydrogens is 235 g/mol. The predicted molar refractivity (Wildman–Crippen MR) is 66.5 cm³/mol. The molecule has 0 aliphatic rings. The summed E-state index contributed by atoms with van der Waals surface area (Å²) < 4.78 is 23.8. The van der Waals surface area contributed by atoms with E-state index in [0.717, 1.165) is 0 Å². The molecule has 0 spiro atoms. The fourth-order valence-electron chi connectivity index (χ4n) is 1.93. The van der Waals surface area contributed by atoms with Crippen molar-refractivity contribution in [1.29, 1.82) is 0 Å². The Kier molecular flexibility index (Phi) is 2.30. The fraction of sp³-hybridized carbons (Fsp3) is 0.0714. The van der Waals surface area contributed by atoms with Gasteiger partial charge in [0, 0.05) is 6.07 Å². The number of rotatable bonds is 1. The summed E-state index contributed by atoms with van der Waals surface area (Å²) in [5, 5.41) is 0.654. The van der Waals surface area contributed by atoms with Crippen LogP contribution in [0.5, 0.6) is 5.75 Å². The van der Waals surface area contributed by atoms with Crippen LogP contribution in [-0.4, -0.2) is 7.11 Å². The normalized spacial score (nSPS) is 11.0. The van der Waals surface area contributed by atoms with Crippen LogP contribution >= 0.6 is 0 Å². The van der Waals surface area contributed by atoms with Crippen molar-refractivity contribution in [2.75, 3.05) is 7.11 Å². The zero-order valence-electron chi connectivity index (χ0n) is 9.57. The summed E-state index contributed by atoms with van der Waals surface area (Å²) in [5.41, 5.74) is 0.550. The van der Waals surface area contributed by atoms with E-state index < -0.39 is 5.82 Å². The molecule has 3 aromatic rings. The largest absolute Gasteiger partial charge is 0.497 e. The Morgan fingerprint density at radius 3 is 2.67 bits per heavy atom. The number of hydrogen-bond donors (Lipinski definition) is 0. The van der Waals surface area contributed by atoms with Gasteiger partial charge in [-0.25, -0.2) is 4.39 Å². The van der Waals surface area contributed by atoms with E-state index in [4.69, 9.17) is 9.15 Å². The van der Waals surface area contributed by atoms with Crippen molar-refractivity contribution >= 4 is 21.9 Å². The molecule has 0 atom stereocenters. The zero-order valence-corrected chi connectivity index (χ0v) is 9.57. The average Bonchev–Trinajstić information content (AvgIpc) is 2.39. The Balaban J connectivity index is 2.48. The third-order valence-electron chi connectivity index (χ3n) is 2.84. The van der Waals surface area contributed by atoms with Crippen LogP contribution in [-0.2, 0) is 0 Å². The third kappa shape index (κ3) is 1.54. The van der Waals surface area contributed by atoms with Gasteiger partial charge >= 0.3 is 0 Å². The topological polar surface area (TPSA) is 39.4 Å². The maximum atomic E-state index is 13.1. The van der Waals surface area contributed by atoms with Gasteiger partial charge in [-0.05, 0) is 30.3 Å². The van der Waals surface area contributed by atoms with Gasteiger partial charge in [0.2, 0.25) is 5.43 Å². The van der Waals surface area contributed by atoms with E-state index in [1.54, 1.807) is 18.2 Å². The standard InChI is InChI=1S/C14H9FO3/c1-17-9-3-4-10-13(7-9)18-12-5-2-8(15)6-11(12)14(10)16/h2-7H,1H3. The van der Waals surface area contributed by atoms with Gasteiger partial charge in [0.1, 0.15) is 22.7 Å². The highest BCUT2D eigenvalue weighted by Gasteiger charge is 2.09. The molecule has 3 nitrogen and oxygen atoms in total. The summed E-state index contributed by atoms with van der Waals surface area (Å²) >= 11 is 0. The monoisotopic (exact) mass is 244 g/mol. The van der Waals surface area contributed by atoms with Crippen LogP contribution in [0, 0.1) is 5.82 Å². The molecule has 0 saturated heterocycles. The van der Waals surface area contributed by atoms with E-state index in [0.29, 0.717) is 22.3 Å². The molecule has 90 valence electrons. The van der Waals surface area contributed by atoms with Crippen LogP contribution in [0.25, 0.3) is 21.9 Å². The summed E-state index contributed by atoms with van der Waals surface area (Å²) in [4.78, 5) is 12.2. The lowest BCUT2D eigenvalue weighted by Crippen LogP contribution is -2.02. The summed E-state index contributed by atoms with van der Waals surface area (Å²) in [5.74, 6) is 0.148. The Labute approximate surface area is 101 Å². The second-order valence-corrected chi connectivity index (χ2v) is 3.93. The van der Waals surface area contributed by atoms with Gasteiger partial charge in [0.05, 0.1) is 17.9 Å². The van der Waals surface area contributed by atoms with E-state index in [1.807, 2.05) is 0 Å². The minimum atomic E-state index is -0.456. The first-order valence-corrected chi connectivity index (χ1v) is 5.39. The number of benzene rings is 2. The van der Waals surface area contributed by atoms with E-state index >= 15 is 0 Å². The van der Waals surface area contributed by atoms with E-state index in [9.17, 15) is 9.18 Å². The highest BCUT2D eigenvalue weighted by atomic mass is 19.1. The van der Waals surface area contributed by atoms with Crippen molar-refractivity contribution in [3.63, 3.8) is 0 Å². The second-order valence-electron chi connectivity index (χ2n) is 3.93. The molecule has 0 amide bonds. The van der Waals surface area contributed by atoms with Crippen LogP contribution in [0.1, 0.15) is 0 Å². The minimum absolute atomic E-state index is 0.242. The molecule has 2 aromatic carbocycles. The summed E-state index contributed by atoms with van der Waals surface area (Å²) in [6, 6.07) is 8.82. The lowest BCUT2D eigenvalue weighted by atomic mass is 10.1. The number of fused-ring (bicyclic) bond motifs is 2. The highest BCUT2D eigenvalue weighted by molar-refractivity contribution is 5.90. The molecule has 1 heterocycles. The average molecular weight is 244 g/mol. The first kappa shape index (κ1) is 10.8. The molecule has 1 aromatic heterocycles. The first-order chi connectivity index (χ1) is 8.69. The zero-order chi connectivity index (χ0) is 12.7. The van der Waals surface area contributed by atoms with Crippen molar-refractivity contribution in [2.45, 2.75) is 0 Å². The molecule has 0 N–H and O–H groups in total. The number of halogens is 1. The molecule has 0 bridgehead atoms. The first-order valence-electron chi connectivity index (χ1n) is 5.39. The second kappa shape index (κ2) is 3.84. The molecule has 0 aliphatic heterocycles. The van der Waals surface area contributed by atoms with E-state index in [1.165, 1.54) is 25.3 Å². The lowest BCUT2D eigenvalue weighted by Gasteiger charge is -2.03.